The number of aromatic nitrogens is 1. The van der Waals surface area contributed by atoms with Gasteiger partial charge in [0.05, 0.1) is 12.2 Å². The van der Waals surface area contributed by atoms with Crippen LogP contribution in [0, 0.1) is 3.57 Å². The van der Waals surface area contributed by atoms with Gasteiger partial charge in [-0.1, -0.05) is 0 Å². The number of hydrogen-bond acceptors (Lipinski definition) is 9. The Kier molecular flexibility index (Phi) is 18.7. The molecule has 16 nitrogen and oxygen atoms in total. The molecule has 0 fully saturated rings. The molecule has 2 atom stereocenters. The minimum atomic E-state index is -1.38. The first-order chi connectivity index (χ1) is 20.9. The number of nitrogens with zero attached hydrogens (tertiary/aromatic N) is 1. The van der Waals surface area contributed by atoms with Gasteiger partial charge in [-0.05, 0) is 73.6 Å². The Hall–Kier alpha value is -4.03. The topological polar surface area (TPSA) is 250 Å². The lowest BCUT2D eigenvalue weighted by molar-refractivity contribution is -0.142. The molecule has 1 rings (SSSR count). The van der Waals surface area contributed by atoms with E-state index in [0.717, 1.165) is 3.57 Å². The van der Waals surface area contributed by atoms with Gasteiger partial charge in [0.2, 0.25) is 11.8 Å². The van der Waals surface area contributed by atoms with E-state index in [2.05, 4.69) is 26.3 Å². The second kappa shape index (κ2) is 21.6. The first-order valence-electron chi connectivity index (χ1n) is 13.9. The van der Waals surface area contributed by atoms with E-state index < -0.39 is 48.4 Å². The van der Waals surface area contributed by atoms with E-state index in [1.54, 1.807) is 12.3 Å². The summed E-state index contributed by atoms with van der Waals surface area (Å²) in [6.07, 6.45) is 3.73. The Labute approximate surface area is 267 Å². The Balaban J connectivity index is 2.15. The van der Waals surface area contributed by atoms with Crippen LogP contribution in [0.4, 0.5) is 4.79 Å². The molecule has 1 aromatic heterocycles. The van der Waals surface area contributed by atoms with Gasteiger partial charge < -0.3 is 41.3 Å². The summed E-state index contributed by atoms with van der Waals surface area (Å²) in [5.41, 5.74) is 0.426. The Morgan fingerprint density at radius 1 is 0.750 bits per heavy atom. The number of alkyl carbamates (subject to hydrolysis) is 1. The summed E-state index contributed by atoms with van der Waals surface area (Å²) < 4.78 is 5.71. The van der Waals surface area contributed by atoms with Crippen molar-refractivity contribution in [3.63, 3.8) is 0 Å². The Morgan fingerprint density at radius 2 is 1.39 bits per heavy atom. The van der Waals surface area contributed by atoms with Crippen molar-refractivity contribution in [3.8, 4) is 0 Å². The summed E-state index contributed by atoms with van der Waals surface area (Å²) in [5.74, 6) is -5.00. The fraction of sp³-hybridized carbons (Fsp3) is 0.556. The van der Waals surface area contributed by atoms with Crippen LogP contribution >= 0.6 is 22.6 Å². The van der Waals surface area contributed by atoms with Crippen molar-refractivity contribution in [2.45, 2.75) is 76.3 Å². The average molecular weight is 740 g/mol. The van der Waals surface area contributed by atoms with Gasteiger partial charge in [-0.3, -0.25) is 24.2 Å². The maximum Gasteiger partial charge on any atom is 0.407 e. The monoisotopic (exact) mass is 739 g/mol. The third-order valence-electron chi connectivity index (χ3n) is 6.00. The third kappa shape index (κ3) is 17.8. The van der Waals surface area contributed by atoms with Gasteiger partial charge in [0.1, 0.15) is 12.1 Å². The number of amides is 4. The van der Waals surface area contributed by atoms with Gasteiger partial charge in [-0.25, -0.2) is 14.4 Å². The van der Waals surface area contributed by atoms with Gasteiger partial charge >= 0.3 is 24.0 Å². The van der Waals surface area contributed by atoms with Gasteiger partial charge in [0, 0.05) is 48.3 Å². The molecule has 0 aromatic carbocycles. The van der Waals surface area contributed by atoms with Crippen molar-refractivity contribution < 1.29 is 53.6 Å². The number of carbonyl (C=O) groups excluding carboxylic acids is 4. The second-order valence-electron chi connectivity index (χ2n) is 9.62. The number of nitrogens with one attached hydrogen (secondary N) is 4. The highest BCUT2D eigenvalue weighted by atomic mass is 131. The molecule has 0 saturated carbocycles. The van der Waals surface area contributed by atoms with Crippen molar-refractivity contribution in [1.82, 2.24) is 26.3 Å². The zero-order chi connectivity index (χ0) is 32.9. The molecule has 0 aliphatic carbocycles. The lowest BCUT2D eigenvalue weighted by Crippen LogP contribution is -2.41. The van der Waals surface area contributed by atoms with Crippen LogP contribution in [0.5, 0.6) is 0 Å². The van der Waals surface area contributed by atoms with E-state index in [9.17, 15) is 38.7 Å². The number of carboxylic acids is 3. The lowest BCUT2D eigenvalue weighted by Gasteiger charge is -2.14. The van der Waals surface area contributed by atoms with Crippen LogP contribution in [-0.2, 0) is 28.7 Å². The molecule has 0 spiro atoms. The summed E-state index contributed by atoms with van der Waals surface area (Å²) >= 11 is 2.05. The maximum atomic E-state index is 12.2. The van der Waals surface area contributed by atoms with Crippen molar-refractivity contribution >= 4 is 64.3 Å². The predicted octanol–water partition coefficient (Wildman–Crippen LogP) is 1.27. The van der Waals surface area contributed by atoms with Gasteiger partial charge in [-0.2, -0.15) is 0 Å². The van der Waals surface area contributed by atoms with Crippen molar-refractivity contribution in [2.75, 3.05) is 19.7 Å². The normalized spacial score (nSPS) is 11.8. The molecule has 0 radical (unpaired) electrons. The summed E-state index contributed by atoms with van der Waals surface area (Å²) in [6, 6.07) is -0.802. The van der Waals surface area contributed by atoms with Crippen molar-refractivity contribution in [1.29, 1.82) is 0 Å². The van der Waals surface area contributed by atoms with E-state index >= 15 is 0 Å². The predicted molar refractivity (Wildman–Crippen MR) is 162 cm³/mol. The van der Waals surface area contributed by atoms with Gasteiger partial charge in [0.15, 0.2) is 0 Å². The molecular formula is C27H38IN5O11. The molecule has 1 heterocycles. The molecule has 0 bridgehead atoms. The van der Waals surface area contributed by atoms with Crippen LogP contribution < -0.4 is 21.3 Å². The first kappa shape index (κ1) is 38.0. The third-order valence-corrected chi connectivity index (χ3v) is 6.59. The van der Waals surface area contributed by atoms with Crippen LogP contribution in [0.1, 0.15) is 74.6 Å². The van der Waals surface area contributed by atoms with Crippen LogP contribution in [0.3, 0.4) is 0 Å². The van der Waals surface area contributed by atoms with Crippen molar-refractivity contribution in [2.24, 2.45) is 0 Å². The molecule has 0 aliphatic heterocycles. The Bertz CT molecular complexity index is 1150. The largest absolute Gasteiger partial charge is 0.481 e. The van der Waals surface area contributed by atoms with E-state index in [-0.39, 0.29) is 44.1 Å². The molecule has 7 N–H and O–H groups in total. The van der Waals surface area contributed by atoms with Crippen LogP contribution in [0.25, 0.3) is 0 Å². The molecule has 1 aromatic rings. The van der Waals surface area contributed by atoms with Crippen LogP contribution in [0.2, 0.25) is 0 Å². The second-order valence-corrected chi connectivity index (χ2v) is 10.9. The number of halogens is 1. The number of carboxylic acid groups (broad SMARTS) is 3. The van der Waals surface area contributed by atoms with E-state index in [4.69, 9.17) is 14.9 Å². The fourth-order valence-electron chi connectivity index (χ4n) is 3.66. The van der Waals surface area contributed by atoms with E-state index in [1.165, 1.54) is 6.20 Å². The molecule has 0 aliphatic rings. The summed E-state index contributed by atoms with van der Waals surface area (Å²) in [4.78, 5) is 85.1. The smallest absolute Gasteiger partial charge is 0.407 e. The minimum absolute atomic E-state index is 0.00449. The number of aliphatic carboxylic acids is 3. The number of rotatable bonds is 22. The van der Waals surface area contributed by atoms with Crippen LogP contribution in [-0.4, -0.2) is 93.8 Å². The maximum absolute atomic E-state index is 12.2. The quantitative estimate of drug-likeness (QED) is 0.0656. The average Bonchev–Trinajstić information content (AvgIpc) is 2.96. The SMILES string of the molecule is O=C(O)CC[C@H](NC(=O)OCCCCCNC(=O)CCC(=O)NC(CCCCNC(=O)c1cncc([131I])c1)C(=O)O)C(=O)O. The molecule has 44 heavy (non-hydrogen) atoms. The highest BCUT2D eigenvalue weighted by Crippen LogP contribution is 2.07. The summed E-state index contributed by atoms with van der Waals surface area (Å²) in [7, 11) is 0. The molecule has 244 valence electrons. The standard InChI is InChI=1S/C27H38IN5O11/c28-18-14-17(15-29-16-18)24(38)31-12-4-2-6-19(25(39)40)32-22(35)9-8-21(34)30-11-3-1-5-13-44-27(43)33-20(26(41)42)7-10-23(36)37/h14-16,19-20H,1-13H2,(H,30,34)(H,31,38)(H,32,35)(H,33,43)(H,36,37)(H,39,40)(H,41,42)/t19?,20-/m0/s1/i28+4. The zero-order valence-corrected chi connectivity index (χ0v) is 26.2. The summed E-state index contributed by atoms with van der Waals surface area (Å²) in [5, 5.41) is 36.9. The number of hydrogen-bond donors (Lipinski definition) is 7. The highest BCUT2D eigenvalue weighted by molar-refractivity contribution is 14.1. The lowest BCUT2D eigenvalue weighted by atomic mass is 10.1. The van der Waals surface area contributed by atoms with Crippen LogP contribution in [0.15, 0.2) is 18.5 Å². The molecule has 1 unspecified atom stereocenters. The molecule has 4 amide bonds. The zero-order valence-electron chi connectivity index (χ0n) is 24.0. The minimum Gasteiger partial charge on any atom is -0.481 e. The highest BCUT2D eigenvalue weighted by Gasteiger charge is 2.22. The molecule has 17 heteroatoms. The van der Waals surface area contributed by atoms with Gasteiger partial charge in [-0.15, -0.1) is 0 Å². The Morgan fingerprint density at radius 3 is 2.05 bits per heavy atom. The fourth-order valence-corrected chi connectivity index (χ4v) is 4.15. The molecular weight excluding hydrogens is 701 g/mol. The number of carbonyl (C=O) groups is 7. The number of unbranched alkanes of at least 4 members (excludes halogenated alkanes) is 3. The first-order valence-corrected chi connectivity index (χ1v) is 15.0. The van der Waals surface area contributed by atoms with E-state index in [1.807, 2.05) is 22.6 Å². The van der Waals surface area contributed by atoms with E-state index in [0.29, 0.717) is 50.8 Å². The van der Waals surface area contributed by atoms with Gasteiger partial charge in [0.25, 0.3) is 5.91 Å². The number of pyridine rings is 1. The number of ether oxygens (including phenoxy) is 1. The molecule has 0 saturated heterocycles. The van der Waals surface area contributed by atoms with Crippen molar-refractivity contribution in [3.05, 3.63) is 27.6 Å². The summed E-state index contributed by atoms with van der Waals surface area (Å²) in [6.45, 7) is 0.628.